The molecule has 33 heavy (non-hydrogen) atoms. The molecule has 174 valence electrons. The van der Waals surface area contributed by atoms with Gasteiger partial charge in [-0.25, -0.2) is 9.97 Å². The molecule has 0 bridgehead atoms. The van der Waals surface area contributed by atoms with E-state index in [9.17, 15) is 18.6 Å². The van der Waals surface area contributed by atoms with Crippen LogP contribution in [-0.2, 0) is 19.0 Å². The van der Waals surface area contributed by atoms with Crippen LogP contribution in [0.3, 0.4) is 0 Å². The maximum absolute atomic E-state index is 12.3. The lowest BCUT2D eigenvalue weighted by molar-refractivity contribution is -0.0430. The summed E-state index contributed by atoms with van der Waals surface area (Å²) in [4.78, 5) is 8.39. The van der Waals surface area contributed by atoms with E-state index in [1.165, 1.54) is 18.5 Å². The molecule has 1 aliphatic rings. The summed E-state index contributed by atoms with van der Waals surface area (Å²) in [5, 5.41) is 20.0. The van der Waals surface area contributed by atoms with E-state index in [2.05, 4.69) is 21.8 Å². The number of nitrogens with two attached hydrogens (primary N) is 1. The first-order valence-corrected chi connectivity index (χ1v) is 11.7. The minimum Gasteiger partial charge on any atom is -0.394 e. The summed E-state index contributed by atoms with van der Waals surface area (Å²) in [6.07, 6.45) is 1.42. The highest BCUT2D eigenvalue weighted by molar-refractivity contribution is 7.86. The van der Waals surface area contributed by atoms with E-state index in [1.54, 1.807) is 22.9 Å². The third kappa shape index (κ3) is 4.85. The van der Waals surface area contributed by atoms with E-state index in [0.29, 0.717) is 16.6 Å². The molecule has 2 aromatic heterocycles. The first-order valence-electron chi connectivity index (χ1n) is 10.3. The van der Waals surface area contributed by atoms with Crippen LogP contribution in [0.2, 0.25) is 0 Å². The standard InChI is InChI=1S/C22H24N4O6S/c1-14-5-7-16(8-6-14)33(29,30)31-9-3-2-4-15-11-26(19-10-17(28)18(12-27)32-19)22-20(15)21(23)24-13-25-22/h5-8,11,13,17-19,27-28H,3,9-10,12H2,1H3,(H2,23,24,25)/t17-,18+,19+/m0/s1. The van der Waals surface area contributed by atoms with Crippen molar-refractivity contribution in [2.24, 2.45) is 0 Å². The third-order valence-corrected chi connectivity index (χ3v) is 6.66. The van der Waals surface area contributed by atoms with Crippen LogP contribution in [-0.4, -0.2) is 58.6 Å². The number of benzene rings is 1. The largest absolute Gasteiger partial charge is 0.394 e. The zero-order valence-corrected chi connectivity index (χ0v) is 18.7. The molecule has 10 nitrogen and oxygen atoms in total. The van der Waals surface area contributed by atoms with Crippen molar-refractivity contribution < 1.29 is 27.6 Å². The molecule has 1 aliphatic heterocycles. The summed E-state index contributed by atoms with van der Waals surface area (Å²) >= 11 is 0. The van der Waals surface area contributed by atoms with E-state index in [0.717, 1.165) is 5.56 Å². The number of hydrogen-bond acceptors (Lipinski definition) is 9. The average Bonchev–Trinajstić information content (AvgIpc) is 3.34. The predicted octanol–water partition coefficient (Wildman–Crippen LogP) is 1.11. The number of nitrogens with zero attached hydrogens (tertiary/aromatic N) is 3. The van der Waals surface area contributed by atoms with Gasteiger partial charge in [0.2, 0.25) is 0 Å². The van der Waals surface area contributed by atoms with E-state index < -0.39 is 28.6 Å². The van der Waals surface area contributed by atoms with E-state index >= 15 is 0 Å². The molecule has 0 unspecified atom stereocenters. The van der Waals surface area contributed by atoms with Crippen LogP contribution in [0.4, 0.5) is 5.82 Å². The number of nitrogen functional groups attached to an aromatic ring is 1. The highest BCUT2D eigenvalue weighted by Crippen LogP contribution is 2.33. The summed E-state index contributed by atoms with van der Waals surface area (Å²) in [7, 11) is -3.86. The van der Waals surface area contributed by atoms with Gasteiger partial charge < -0.3 is 25.3 Å². The lowest BCUT2D eigenvalue weighted by Gasteiger charge is -2.14. The molecule has 0 spiro atoms. The van der Waals surface area contributed by atoms with Crippen molar-refractivity contribution in [2.45, 2.75) is 43.1 Å². The minimum atomic E-state index is -3.86. The number of aromatic nitrogens is 3. The Kier molecular flexibility index (Phi) is 6.64. The van der Waals surface area contributed by atoms with Crippen molar-refractivity contribution in [2.75, 3.05) is 18.9 Å². The molecule has 0 aliphatic carbocycles. The Bertz CT molecular complexity index is 1310. The quantitative estimate of drug-likeness (QED) is 0.272. The summed E-state index contributed by atoms with van der Waals surface area (Å²) in [5.74, 6) is 6.10. The Morgan fingerprint density at radius 1 is 1.30 bits per heavy atom. The molecule has 0 radical (unpaired) electrons. The molecule has 4 N–H and O–H groups in total. The van der Waals surface area contributed by atoms with Crippen LogP contribution in [0.5, 0.6) is 0 Å². The number of hydrogen-bond donors (Lipinski definition) is 3. The Hall–Kier alpha value is -3.01. The number of aliphatic hydroxyl groups excluding tert-OH is 2. The Morgan fingerprint density at radius 3 is 2.76 bits per heavy atom. The maximum Gasteiger partial charge on any atom is 0.297 e. The van der Waals surface area contributed by atoms with Crippen LogP contribution < -0.4 is 5.73 Å². The molecule has 0 amide bonds. The van der Waals surface area contributed by atoms with Gasteiger partial charge in [0.15, 0.2) is 0 Å². The minimum absolute atomic E-state index is 0.0917. The summed E-state index contributed by atoms with van der Waals surface area (Å²) in [6, 6.07) is 6.40. The molecule has 3 aromatic rings. The normalized spacial score (nSPS) is 20.6. The van der Waals surface area contributed by atoms with E-state index in [4.69, 9.17) is 14.7 Å². The lowest BCUT2D eigenvalue weighted by atomic mass is 10.2. The summed E-state index contributed by atoms with van der Waals surface area (Å²) in [6.45, 7) is 1.46. The fourth-order valence-corrected chi connectivity index (χ4v) is 4.51. The van der Waals surface area contributed by atoms with Crippen molar-refractivity contribution >= 4 is 27.0 Å². The van der Waals surface area contributed by atoms with Crippen molar-refractivity contribution in [1.29, 1.82) is 0 Å². The molecule has 1 fully saturated rings. The molecule has 1 aromatic carbocycles. The van der Waals surface area contributed by atoms with Crippen molar-refractivity contribution in [3.05, 3.63) is 47.9 Å². The predicted molar refractivity (Wildman–Crippen MR) is 119 cm³/mol. The zero-order chi connectivity index (χ0) is 23.6. The average molecular weight is 473 g/mol. The number of aryl methyl sites for hydroxylation is 1. The fraction of sp³-hybridized carbons (Fsp3) is 0.364. The third-order valence-electron chi connectivity index (χ3n) is 5.33. The first kappa shape index (κ1) is 23.2. The summed E-state index contributed by atoms with van der Waals surface area (Å²) < 4.78 is 37.0. The molecule has 0 saturated carbocycles. The summed E-state index contributed by atoms with van der Waals surface area (Å²) in [5.41, 5.74) is 8.02. The molecule has 4 rings (SSSR count). The van der Waals surface area contributed by atoms with Crippen LogP contribution >= 0.6 is 0 Å². The van der Waals surface area contributed by atoms with Crippen LogP contribution in [0, 0.1) is 18.8 Å². The second-order valence-corrected chi connectivity index (χ2v) is 9.28. The van der Waals surface area contributed by atoms with Gasteiger partial charge >= 0.3 is 0 Å². The monoisotopic (exact) mass is 472 g/mol. The molecular weight excluding hydrogens is 448 g/mol. The van der Waals surface area contributed by atoms with Gasteiger partial charge in [-0.2, -0.15) is 8.42 Å². The van der Waals surface area contributed by atoms with Crippen molar-refractivity contribution in [3.63, 3.8) is 0 Å². The second kappa shape index (κ2) is 9.46. The van der Waals surface area contributed by atoms with E-state index in [-0.39, 0.29) is 36.8 Å². The second-order valence-electron chi connectivity index (χ2n) is 7.66. The number of aliphatic hydroxyl groups is 2. The fourth-order valence-electron chi connectivity index (χ4n) is 3.61. The van der Waals surface area contributed by atoms with Gasteiger partial charge in [-0.15, -0.1) is 0 Å². The topological polar surface area (TPSA) is 150 Å². The van der Waals surface area contributed by atoms with Gasteiger partial charge in [-0.1, -0.05) is 29.5 Å². The van der Waals surface area contributed by atoms with Crippen LogP contribution in [0.25, 0.3) is 11.0 Å². The van der Waals surface area contributed by atoms with Gasteiger partial charge in [0.1, 0.15) is 30.1 Å². The Balaban J connectivity index is 1.50. The molecule has 1 saturated heterocycles. The van der Waals surface area contributed by atoms with E-state index in [1.807, 2.05) is 6.92 Å². The van der Waals surface area contributed by atoms with Crippen LogP contribution in [0.15, 0.2) is 41.7 Å². The molecule has 11 heteroatoms. The van der Waals surface area contributed by atoms with Crippen LogP contribution in [0.1, 0.15) is 30.2 Å². The molecule has 3 heterocycles. The molecule has 3 atom stereocenters. The SMILES string of the molecule is Cc1ccc(S(=O)(=O)OCCC#Cc2cn([C@H]3C[C@H](O)[C@@H](CO)O3)c3ncnc(N)c23)cc1. The van der Waals surface area contributed by atoms with Gasteiger partial charge in [0, 0.05) is 19.0 Å². The van der Waals surface area contributed by atoms with Crippen molar-refractivity contribution in [1.82, 2.24) is 14.5 Å². The lowest BCUT2D eigenvalue weighted by Crippen LogP contribution is -2.24. The van der Waals surface area contributed by atoms with Gasteiger partial charge in [0.05, 0.1) is 35.2 Å². The Morgan fingerprint density at radius 2 is 2.06 bits per heavy atom. The van der Waals surface area contributed by atoms with Crippen molar-refractivity contribution in [3.8, 4) is 11.8 Å². The van der Waals surface area contributed by atoms with Gasteiger partial charge in [0.25, 0.3) is 10.1 Å². The number of rotatable bonds is 6. The smallest absolute Gasteiger partial charge is 0.297 e. The maximum atomic E-state index is 12.3. The molecular formula is C22H24N4O6S. The number of ether oxygens (including phenoxy) is 1. The highest BCUT2D eigenvalue weighted by atomic mass is 32.2. The highest BCUT2D eigenvalue weighted by Gasteiger charge is 2.35. The van der Waals surface area contributed by atoms with Gasteiger partial charge in [-0.3, -0.25) is 4.18 Å². The zero-order valence-electron chi connectivity index (χ0n) is 17.9. The Labute approximate surface area is 191 Å². The first-order chi connectivity index (χ1) is 15.8. The number of fused-ring (bicyclic) bond motifs is 1. The van der Waals surface area contributed by atoms with Gasteiger partial charge in [-0.05, 0) is 19.1 Å². The number of anilines is 1.